The minimum absolute atomic E-state index is 0.317. The summed E-state index contributed by atoms with van der Waals surface area (Å²) in [6.07, 6.45) is 12.1. The smallest absolute Gasteiger partial charge is 0.346 e. The van der Waals surface area contributed by atoms with Crippen LogP contribution in [0.2, 0.25) is 0 Å². The number of carboxylic acids is 1. The Morgan fingerprint density at radius 2 is 1.41 bits per heavy atom. The Morgan fingerprint density at radius 3 is 2.07 bits per heavy atom. The van der Waals surface area contributed by atoms with E-state index in [1.807, 2.05) is 18.2 Å². The van der Waals surface area contributed by atoms with Crippen molar-refractivity contribution in [2.24, 2.45) is 0 Å². The van der Waals surface area contributed by atoms with Crippen LogP contribution >= 0.6 is 22.7 Å². The van der Waals surface area contributed by atoms with Crippen molar-refractivity contribution in [1.29, 1.82) is 5.26 Å². The molecular weight excluding hydrogens is 709 g/mol. The number of carboxylic acid groups (broad SMARTS) is 1. The molecule has 6 aromatic rings. The van der Waals surface area contributed by atoms with Gasteiger partial charge in [0.05, 0.1) is 33.4 Å². The highest BCUT2D eigenvalue weighted by Crippen LogP contribution is 2.53. The van der Waals surface area contributed by atoms with Gasteiger partial charge in [0.25, 0.3) is 0 Å². The number of aliphatic carboxylic acids is 1. The summed E-state index contributed by atoms with van der Waals surface area (Å²) >= 11 is 3.46. The molecule has 0 saturated carbocycles. The molecule has 0 bridgehead atoms. The van der Waals surface area contributed by atoms with Crippen LogP contribution in [0, 0.1) is 11.3 Å². The highest BCUT2D eigenvalue weighted by atomic mass is 32.1. The maximum atomic E-state index is 11.9. The number of para-hydroxylation sites is 1. The zero-order valence-electron chi connectivity index (χ0n) is 31.5. The SMILES string of the molecule is CCCCCCOc1c(/C=C(\C#N)C(=O)O)ccc2sc3c(sc4ccc(-c5ccc6c(c5)CCc5ccccc5N6CC)c(OCCCCCC)c43)c12. The Labute approximate surface area is 326 Å². The number of carbonyl (C=O) groups is 1. The molecule has 0 spiro atoms. The molecule has 8 heteroatoms. The summed E-state index contributed by atoms with van der Waals surface area (Å²) < 4.78 is 17.9. The third kappa shape index (κ3) is 7.45. The minimum Gasteiger partial charge on any atom is -0.492 e. The van der Waals surface area contributed by atoms with Crippen molar-refractivity contribution >= 4 is 75.7 Å². The van der Waals surface area contributed by atoms with Crippen LogP contribution in [-0.2, 0) is 17.6 Å². The van der Waals surface area contributed by atoms with Crippen molar-refractivity contribution in [2.45, 2.75) is 85.0 Å². The van der Waals surface area contributed by atoms with Gasteiger partial charge in [0.2, 0.25) is 0 Å². The van der Waals surface area contributed by atoms with E-state index in [-0.39, 0.29) is 5.57 Å². The van der Waals surface area contributed by atoms with E-state index in [1.54, 1.807) is 22.7 Å². The van der Waals surface area contributed by atoms with Crippen molar-refractivity contribution in [3.8, 4) is 28.7 Å². The summed E-state index contributed by atoms with van der Waals surface area (Å²) in [7, 11) is 0. The first kappa shape index (κ1) is 37.5. The summed E-state index contributed by atoms with van der Waals surface area (Å²) in [6.45, 7) is 8.70. The van der Waals surface area contributed by atoms with Crippen molar-refractivity contribution in [1.82, 2.24) is 0 Å². The number of hydrogen-bond donors (Lipinski definition) is 1. The lowest BCUT2D eigenvalue weighted by Crippen LogP contribution is -2.17. The summed E-state index contributed by atoms with van der Waals surface area (Å²) in [4.78, 5) is 14.3. The number of anilines is 2. The van der Waals surface area contributed by atoms with Crippen molar-refractivity contribution in [2.75, 3.05) is 24.7 Å². The van der Waals surface area contributed by atoms with Crippen LogP contribution in [0.25, 0.3) is 46.8 Å². The molecule has 0 unspecified atom stereocenters. The molecule has 1 N–H and O–H groups in total. The maximum Gasteiger partial charge on any atom is 0.346 e. The van der Waals surface area contributed by atoms with E-state index in [9.17, 15) is 15.2 Å². The van der Waals surface area contributed by atoms with E-state index in [0.29, 0.717) is 24.5 Å². The fraction of sp³-hybridized carbons (Fsp3) is 0.348. The van der Waals surface area contributed by atoms with Gasteiger partial charge >= 0.3 is 5.97 Å². The van der Waals surface area contributed by atoms with Crippen LogP contribution in [0.4, 0.5) is 11.4 Å². The predicted octanol–water partition coefficient (Wildman–Crippen LogP) is 13.1. The lowest BCUT2D eigenvalue weighted by Gasteiger charge is -2.26. The molecule has 1 aliphatic heterocycles. The van der Waals surface area contributed by atoms with Gasteiger partial charge < -0.3 is 19.5 Å². The standard InChI is InChI=1S/C46H48N2O4S2/c1-4-7-9-13-25-51-42-33(28-34(29-47)46(49)50)20-23-38-40(42)44-45(53-38)41-39(54-44)24-21-35(43(41)52-26-14-10-8-5-2)31-19-22-37-32(27-31)18-17-30-15-11-12-16-36(30)48(37)6-3/h11-12,15-16,19-24,27-28H,4-10,13-14,17-18,25-26H2,1-3H3,(H,49,50)/b34-28+. The molecule has 0 radical (unpaired) electrons. The van der Waals surface area contributed by atoms with Crippen LogP contribution in [0.5, 0.6) is 11.5 Å². The highest BCUT2D eigenvalue weighted by molar-refractivity contribution is 7.36. The maximum absolute atomic E-state index is 11.9. The van der Waals surface area contributed by atoms with E-state index in [2.05, 4.69) is 80.3 Å². The van der Waals surface area contributed by atoms with Crippen LogP contribution < -0.4 is 14.4 Å². The van der Waals surface area contributed by atoms with Crippen LogP contribution in [-0.4, -0.2) is 30.8 Å². The predicted molar refractivity (Wildman–Crippen MR) is 227 cm³/mol. The lowest BCUT2D eigenvalue weighted by atomic mass is 9.97. The van der Waals surface area contributed by atoms with Crippen LogP contribution in [0.15, 0.2) is 72.3 Å². The molecule has 1 aliphatic rings. The summed E-state index contributed by atoms with van der Waals surface area (Å²) in [5.41, 5.74) is 7.84. The zero-order chi connectivity index (χ0) is 37.6. The molecule has 0 amide bonds. The van der Waals surface area contributed by atoms with E-state index < -0.39 is 5.97 Å². The summed E-state index contributed by atoms with van der Waals surface area (Å²) in [6, 6.07) is 25.9. The molecule has 0 saturated heterocycles. The van der Waals surface area contributed by atoms with Crippen LogP contribution in [0.3, 0.4) is 0 Å². The second kappa shape index (κ2) is 17.1. The third-order valence-electron chi connectivity index (χ3n) is 10.4. The fourth-order valence-electron chi connectivity index (χ4n) is 7.68. The third-order valence-corrected chi connectivity index (χ3v) is 12.9. The first-order valence-corrected chi connectivity index (χ1v) is 21.1. The molecule has 4 aromatic carbocycles. The first-order chi connectivity index (χ1) is 26.5. The van der Waals surface area contributed by atoms with Gasteiger partial charge in [0.1, 0.15) is 23.1 Å². The molecule has 3 heterocycles. The number of unbranched alkanes of at least 4 members (excludes halogenated alkanes) is 6. The van der Waals surface area contributed by atoms with Crippen LogP contribution in [0.1, 0.15) is 88.8 Å². The second-order valence-corrected chi connectivity index (χ2v) is 16.1. The molecule has 0 fully saturated rings. The average Bonchev–Trinajstić information content (AvgIpc) is 3.68. The summed E-state index contributed by atoms with van der Waals surface area (Å²) in [5, 5.41) is 21.4. The molecule has 0 aliphatic carbocycles. The molecule has 278 valence electrons. The minimum atomic E-state index is -1.25. The topological polar surface area (TPSA) is 82.8 Å². The van der Waals surface area contributed by atoms with Gasteiger partial charge in [-0.2, -0.15) is 5.26 Å². The Hall–Kier alpha value is -4.84. The zero-order valence-corrected chi connectivity index (χ0v) is 33.1. The van der Waals surface area contributed by atoms with Crippen molar-refractivity contribution in [3.05, 3.63) is 89.0 Å². The van der Waals surface area contributed by atoms with Gasteiger partial charge in [-0.15, -0.1) is 22.7 Å². The monoisotopic (exact) mass is 756 g/mol. The van der Waals surface area contributed by atoms with Gasteiger partial charge in [0.15, 0.2) is 0 Å². The van der Waals surface area contributed by atoms with E-state index >= 15 is 0 Å². The van der Waals surface area contributed by atoms with Gasteiger partial charge in [-0.05, 0) is 97.8 Å². The van der Waals surface area contributed by atoms with Gasteiger partial charge in [-0.3, -0.25) is 0 Å². The molecule has 2 aromatic heterocycles. The Bertz CT molecular complexity index is 2380. The number of fused-ring (bicyclic) bond motifs is 7. The second-order valence-electron chi connectivity index (χ2n) is 14.0. The van der Waals surface area contributed by atoms with E-state index in [1.165, 1.54) is 41.4 Å². The number of nitrogens with zero attached hydrogens (tertiary/aromatic N) is 2. The quantitative estimate of drug-likeness (QED) is 0.0601. The molecule has 0 atom stereocenters. The molecule has 7 rings (SSSR count). The lowest BCUT2D eigenvalue weighted by molar-refractivity contribution is -0.132. The molecule has 6 nitrogen and oxygen atoms in total. The van der Waals surface area contributed by atoms with Crippen molar-refractivity contribution < 1.29 is 19.4 Å². The largest absolute Gasteiger partial charge is 0.492 e. The molecule has 54 heavy (non-hydrogen) atoms. The highest BCUT2D eigenvalue weighted by Gasteiger charge is 2.25. The Balaban J connectivity index is 1.38. The molecular formula is C46H48N2O4S2. The number of benzene rings is 4. The fourth-order valence-corrected chi connectivity index (χ4v) is 10.4. The summed E-state index contributed by atoms with van der Waals surface area (Å²) in [5.74, 6) is 0.318. The number of rotatable bonds is 16. The average molecular weight is 757 g/mol. The van der Waals surface area contributed by atoms with E-state index in [4.69, 9.17) is 9.47 Å². The van der Waals surface area contributed by atoms with Gasteiger partial charge in [-0.1, -0.05) is 76.6 Å². The Kier molecular flexibility index (Phi) is 11.9. The first-order valence-electron chi connectivity index (χ1n) is 19.5. The number of hydrogen-bond acceptors (Lipinski definition) is 7. The Morgan fingerprint density at radius 1 is 0.778 bits per heavy atom. The van der Waals surface area contributed by atoms with Gasteiger partial charge in [0, 0.05) is 38.4 Å². The normalized spacial score (nSPS) is 12.9. The van der Waals surface area contributed by atoms with E-state index in [0.717, 1.165) is 104 Å². The van der Waals surface area contributed by atoms with Crippen molar-refractivity contribution in [3.63, 3.8) is 0 Å². The number of thiophene rings is 2. The number of aryl methyl sites for hydroxylation is 2. The number of ether oxygens (including phenoxy) is 2. The number of nitriles is 1. The van der Waals surface area contributed by atoms with Gasteiger partial charge in [-0.25, -0.2) is 4.79 Å².